The highest BCUT2D eigenvalue weighted by atomic mass is 14.8. The molecule has 0 saturated heterocycles. The third-order valence-corrected chi connectivity index (χ3v) is 6.31. The topological polar surface area (TPSA) is 24.7 Å². The second-order valence-corrected chi connectivity index (χ2v) is 10.2. The van der Waals surface area contributed by atoms with Crippen LogP contribution >= 0.6 is 0 Å². The van der Waals surface area contributed by atoms with Crippen LogP contribution in [0.25, 0.3) is 0 Å². The van der Waals surface area contributed by atoms with Gasteiger partial charge in [-0.05, 0) is 48.3 Å². The summed E-state index contributed by atoms with van der Waals surface area (Å²) in [6, 6.07) is 0.991. The van der Waals surface area contributed by atoms with E-state index in [0.717, 1.165) is 0 Å². The zero-order valence-corrected chi connectivity index (χ0v) is 17.0. The van der Waals surface area contributed by atoms with Gasteiger partial charge in [0.25, 0.3) is 0 Å². The van der Waals surface area contributed by atoms with Crippen LogP contribution < -0.4 is 0 Å². The molecule has 138 valence electrons. The fourth-order valence-electron chi connectivity index (χ4n) is 4.90. The molecule has 4 unspecified atom stereocenters. The van der Waals surface area contributed by atoms with Crippen molar-refractivity contribution in [2.45, 2.75) is 105 Å². The van der Waals surface area contributed by atoms with Gasteiger partial charge in [0, 0.05) is 12.4 Å². The summed E-state index contributed by atoms with van der Waals surface area (Å²) in [4.78, 5) is 9.86. The quantitative estimate of drug-likeness (QED) is 0.539. The molecule has 0 aromatic carbocycles. The highest BCUT2D eigenvalue weighted by molar-refractivity contribution is 6.16. The van der Waals surface area contributed by atoms with Crippen LogP contribution in [-0.4, -0.2) is 24.5 Å². The Morgan fingerprint density at radius 3 is 1.25 bits per heavy atom. The Bertz CT molecular complexity index is 394. The molecule has 2 heteroatoms. The van der Waals surface area contributed by atoms with Crippen molar-refractivity contribution in [3.8, 4) is 0 Å². The Balaban J connectivity index is 1.97. The molecule has 24 heavy (non-hydrogen) atoms. The monoisotopic (exact) mass is 332 g/mol. The number of nitrogens with zero attached hydrogens (tertiary/aromatic N) is 2. The molecule has 0 heterocycles. The Kier molecular flexibility index (Phi) is 6.67. The van der Waals surface area contributed by atoms with Crippen LogP contribution in [0.1, 0.15) is 92.9 Å². The first kappa shape index (κ1) is 19.7. The molecule has 0 amide bonds. The zero-order valence-electron chi connectivity index (χ0n) is 17.0. The van der Waals surface area contributed by atoms with E-state index in [9.17, 15) is 0 Å². The molecule has 0 bridgehead atoms. The summed E-state index contributed by atoms with van der Waals surface area (Å²) >= 11 is 0. The molecule has 2 nitrogen and oxygen atoms in total. The molecular weight excluding hydrogens is 292 g/mol. The minimum Gasteiger partial charge on any atom is -0.288 e. The first-order chi connectivity index (χ1) is 11.2. The summed E-state index contributed by atoms with van der Waals surface area (Å²) in [5, 5.41) is 0. The normalized spacial score (nSPS) is 33.4. The van der Waals surface area contributed by atoms with Crippen molar-refractivity contribution in [1.29, 1.82) is 0 Å². The lowest BCUT2D eigenvalue weighted by molar-refractivity contribution is 0.154. The summed E-state index contributed by atoms with van der Waals surface area (Å²) in [5.74, 6) is 1.43. The van der Waals surface area contributed by atoms with Gasteiger partial charge in [-0.15, -0.1) is 0 Å². The van der Waals surface area contributed by atoms with Gasteiger partial charge in [0.05, 0.1) is 12.1 Å². The van der Waals surface area contributed by atoms with E-state index < -0.39 is 0 Å². The van der Waals surface area contributed by atoms with E-state index in [1.165, 1.54) is 51.4 Å². The van der Waals surface area contributed by atoms with Crippen LogP contribution in [0.15, 0.2) is 9.98 Å². The molecule has 2 rings (SSSR count). The number of rotatable bonds is 3. The minimum absolute atomic E-state index is 0.361. The van der Waals surface area contributed by atoms with Gasteiger partial charge in [-0.1, -0.05) is 67.2 Å². The van der Waals surface area contributed by atoms with Gasteiger partial charge in [-0.25, -0.2) is 0 Å². The van der Waals surface area contributed by atoms with E-state index in [1.807, 2.05) is 12.4 Å². The fraction of sp³-hybridized carbons (Fsp3) is 0.909. The van der Waals surface area contributed by atoms with E-state index >= 15 is 0 Å². The van der Waals surface area contributed by atoms with Crippen LogP contribution in [-0.2, 0) is 0 Å². The molecule has 2 fully saturated rings. The third kappa shape index (κ3) is 5.43. The Morgan fingerprint density at radius 1 is 0.583 bits per heavy atom. The van der Waals surface area contributed by atoms with Crippen molar-refractivity contribution in [3.63, 3.8) is 0 Å². The molecule has 0 aliphatic heterocycles. The Labute approximate surface area is 150 Å². The molecule has 0 aromatic rings. The van der Waals surface area contributed by atoms with Crippen molar-refractivity contribution in [2.24, 2.45) is 32.7 Å². The van der Waals surface area contributed by atoms with Crippen molar-refractivity contribution in [1.82, 2.24) is 0 Å². The lowest BCUT2D eigenvalue weighted by atomic mass is 9.70. The number of hydrogen-bond donors (Lipinski definition) is 0. The first-order valence-electron chi connectivity index (χ1n) is 10.2. The predicted molar refractivity (Wildman–Crippen MR) is 107 cm³/mol. The van der Waals surface area contributed by atoms with Gasteiger partial charge in [0.15, 0.2) is 0 Å². The van der Waals surface area contributed by atoms with Crippen LogP contribution in [0.4, 0.5) is 0 Å². The molecule has 4 atom stereocenters. The third-order valence-electron chi connectivity index (χ3n) is 6.31. The maximum Gasteiger partial charge on any atom is 0.0533 e. The number of aliphatic imine (C=N–C) groups is 2. The first-order valence-corrected chi connectivity index (χ1v) is 10.2. The molecule has 0 spiro atoms. The van der Waals surface area contributed by atoms with Gasteiger partial charge in [-0.2, -0.15) is 0 Å². The van der Waals surface area contributed by atoms with Crippen LogP contribution in [0.2, 0.25) is 0 Å². The fourth-order valence-corrected chi connectivity index (χ4v) is 4.90. The van der Waals surface area contributed by atoms with Crippen molar-refractivity contribution in [3.05, 3.63) is 0 Å². The molecule has 2 aliphatic rings. The average Bonchev–Trinajstić information content (AvgIpc) is 2.50. The van der Waals surface area contributed by atoms with Gasteiger partial charge in [0.2, 0.25) is 0 Å². The van der Waals surface area contributed by atoms with Crippen molar-refractivity contribution >= 4 is 12.4 Å². The average molecular weight is 333 g/mol. The van der Waals surface area contributed by atoms with Crippen LogP contribution in [0.3, 0.4) is 0 Å². The maximum absolute atomic E-state index is 4.93. The lowest BCUT2D eigenvalue weighted by Crippen LogP contribution is -2.34. The summed E-state index contributed by atoms with van der Waals surface area (Å²) in [7, 11) is 0. The highest BCUT2D eigenvalue weighted by Gasteiger charge is 2.34. The molecular formula is C22H40N2. The van der Waals surface area contributed by atoms with E-state index in [1.54, 1.807) is 0 Å². The van der Waals surface area contributed by atoms with E-state index in [2.05, 4.69) is 41.5 Å². The van der Waals surface area contributed by atoms with Gasteiger partial charge >= 0.3 is 0 Å². The molecule has 2 aliphatic carbocycles. The van der Waals surface area contributed by atoms with Gasteiger partial charge < -0.3 is 0 Å². The molecule has 0 N–H and O–H groups in total. The summed E-state index contributed by atoms with van der Waals surface area (Å²) < 4.78 is 0. The largest absolute Gasteiger partial charge is 0.288 e. The summed E-state index contributed by atoms with van der Waals surface area (Å²) in [6.07, 6.45) is 14.6. The zero-order chi connectivity index (χ0) is 17.8. The van der Waals surface area contributed by atoms with Crippen LogP contribution in [0, 0.1) is 22.7 Å². The van der Waals surface area contributed by atoms with E-state index in [4.69, 9.17) is 9.98 Å². The SMILES string of the molecule is CC(C)(C)C1CCCCC1N=CC=NC1CCCCC1C(C)(C)C. The highest BCUT2D eigenvalue weighted by Crippen LogP contribution is 2.40. The summed E-state index contributed by atoms with van der Waals surface area (Å²) in [5.41, 5.74) is 0.723. The van der Waals surface area contributed by atoms with Gasteiger partial charge in [-0.3, -0.25) is 9.98 Å². The molecule has 2 saturated carbocycles. The van der Waals surface area contributed by atoms with Gasteiger partial charge in [0.1, 0.15) is 0 Å². The number of hydrogen-bond acceptors (Lipinski definition) is 2. The Hall–Kier alpha value is -0.660. The van der Waals surface area contributed by atoms with E-state index in [0.29, 0.717) is 34.7 Å². The maximum atomic E-state index is 4.93. The second-order valence-electron chi connectivity index (χ2n) is 10.2. The predicted octanol–water partition coefficient (Wildman–Crippen LogP) is 6.34. The summed E-state index contributed by atoms with van der Waals surface area (Å²) in [6.45, 7) is 14.2. The second kappa shape index (κ2) is 8.15. The van der Waals surface area contributed by atoms with E-state index in [-0.39, 0.29) is 0 Å². The Morgan fingerprint density at radius 2 is 0.917 bits per heavy atom. The molecule has 0 aromatic heterocycles. The van der Waals surface area contributed by atoms with Crippen molar-refractivity contribution < 1.29 is 0 Å². The lowest BCUT2D eigenvalue weighted by Gasteiger charge is -2.38. The standard InChI is InChI=1S/C22H40N2/c1-21(2,3)17-11-7-9-13-19(17)23-15-16-24-20-14-10-8-12-18(20)22(4,5)6/h15-20H,7-14H2,1-6H3. The minimum atomic E-state index is 0.361. The molecule has 0 radical (unpaired) electrons. The smallest absolute Gasteiger partial charge is 0.0533 e. The van der Waals surface area contributed by atoms with Crippen LogP contribution in [0.5, 0.6) is 0 Å². The van der Waals surface area contributed by atoms with Crippen molar-refractivity contribution in [2.75, 3.05) is 0 Å².